The second-order valence-corrected chi connectivity index (χ2v) is 4.60. The summed E-state index contributed by atoms with van der Waals surface area (Å²) < 4.78 is 29.0. The van der Waals surface area contributed by atoms with Crippen LogP contribution < -0.4 is 5.32 Å². The second kappa shape index (κ2) is 6.61. The average Bonchev–Trinajstić information content (AvgIpc) is 2.91. The number of aryl methyl sites for hydroxylation is 1. The number of rotatable bonds is 6. The van der Waals surface area contributed by atoms with Crippen LogP contribution in [-0.4, -0.2) is 16.3 Å². The van der Waals surface area contributed by atoms with Crippen LogP contribution in [0.15, 0.2) is 30.5 Å². The first-order chi connectivity index (χ1) is 9.67. The molecule has 2 aromatic rings. The fourth-order valence-electron chi connectivity index (χ4n) is 2.36. The number of nitrogens with one attached hydrogen (secondary N) is 1. The van der Waals surface area contributed by atoms with Crippen molar-refractivity contribution in [2.45, 2.75) is 32.9 Å². The Labute approximate surface area is 117 Å². The molecule has 0 spiro atoms. The van der Waals surface area contributed by atoms with Crippen molar-refractivity contribution in [1.82, 2.24) is 15.1 Å². The van der Waals surface area contributed by atoms with Gasteiger partial charge in [-0.1, -0.05) is 19.1 Å². The van der Waals surface area contributed by atoms with Gasteiger partial charge in [0.25, 0.3) is 0 Å². The number of hydrogen-bond donors (Lipinski definition) is 1. The Bertz CT molecular complexity index is 566. The van der Waals surface area contributed by atoms with Gasteiger partial charge in [-0.25, -0.2) is 8.78 Å². The van der Waals surface area contributed by atoms with Crippen LogP contribution in [0.3, 0.4) is 0 Å². The van der Waals surface area contributed by atoms with E-state index in [9.17, 15) is 8.78 Å². The fourth-order valence-corrected chi connectivity index (χ4v) is 2.36. The molecule has 0 fully saturated rings. The number of benzene rings is 1. The molecular weight excluding hydrogens is 260 g/mol. The highest BCUT2D eigenvalue weighted by molar-refractivity contribution is 5.22. The first-order valence-corrected chi connectivity index (χ1v) is 6.85. The van der Waals surface area contributed by atoms with Crippen LogP contribution in [0.1, 0.15) is 31.1 Å². The third-order valence-electron chi connectivity index (χ3n) is 3.31. The van der Waals surface area contributed by atoms with Crippen LogP contribution in [0, 0.1) is 11.6 Å². The minimum absolute atomic E-state index is 0.0845. The maximum absolute atomic E-state index is 13.8. The van der Waals surface area contributed by atoms with Gasteiger partial charge in [0.2, 0.25) is 0 Å². The molecule has 0 aliphatic rings. The molecule has 1 aromatic heterocycles. The SMILES string of the molecule is CCNC(Cc1cccc(F)c1F)c1ccnn1CC. The summed E-state index contributed by atoms with van der Waals surface area (Å²) in [5.41, 5.74) is 1.36. The number of nitrogens with zero attached hydrogens (tertiary/aromatic N) is 2. The molecule has 3 nitrogen and oxygen atoms in total. The molecule has 1 unspecified atom stereocenters. The van der Waals surface area contributed by atoms with Crippen molar-refractivity contribution >= 4 is 0 Å². The van der Waals surface area contributed by atoms with Crippen LogP contribution in [0.2, 0.25) is 0 Å². The van der Waals surface area contributed by atoms with E-state index in [1.807, 2.05) is 24.6 Å². The average molecular weight is 279 g/mol. The molecule has 1 atom stereocenters. The Morgan fingerprint density at radius 2 is 2.05 bits per heavy atom. The molecule has 0 aliphatic heterocycles. The molecule has 0 aliphatic carbocycles. The largest absolute Gasteiger partial charge is 0.309 e. The van der Waals surface area contributed by atoms with E-state index >= 15 is 0 Å². The van der Waals surface area contributed by atoms with Crippen molar-refractivity contribution in [2.75, 3.05) is 6.54 Å². The third kappa shape index (κ3) is 3.04. The monoisotopic (exact) mass is 279 g/mol. The molecule has 0 bridgehead atoms. The summed E-state index contributed by atoms with van der Waals surface area (Å²) in [7, 11) is 0. The van der Waals surface area contributed by atoms with E-state index in [4.69, 9.17) is 0 Å². The summed E-state index contributed by atoms with van der Waals surface area (Å²) >= 11 is 0. The minimum Gasteiger partial charge on any atom is -0.309 e. The summed E-state index contributed by atoms with van der Waals surface area (Å²) in [4.78, 5) is 0. The summed E-state index contributed by atoms with van der Waals surface area (Å²) in [6, 6.07) is 6.12. The number of likely N-dealkylation sites (N-methyl/N-ethyl adjacent to an activating group) is 1. The maximum atomic E-state index is 13.8. The zero-order chi connectivity index (χ0) is 14.5. The van der Waals surface area contributed by atoms with Gasteiger partial charge in [0.05, 0.1) is 11.7 Å². The van der Waals surface area contributed by atoms with E-state index in [0.29, 0.717) is 12.0 Å². The van der Waals surface area contributed by atoms with Gasteiger partial charge in [0.15, 0.2) is 11.6 Å². The lowest BCUT2D eigenvalue weighted by atomic mass is 10.0. The van der Waals surface area contributed by atoms with E-state index < -0.39 is 11.6 Å². The predicted molar refractivity (Wildman–Crippen MR) is 74.4 cm³/mol. The van der Waals surface area contributed by atoms with Crippen LogP contribution in [0.5, 0.6) is 0 Å². The van der Waals surface area contributed by atoms with Crippen LogP contribution in [0.4, 0.5) is 8.78 Å². The molecule has 1 heterocycles. The molecule has 0 saturated heterocycles. The molecule has 1 N–H and O–H groups in total. The lowest BCUT2D eigenvalue weighted by Gasteiger charge is -2.19. The first kappa shape index (κ1) is 14.7. The van der Waals surface area contributed by atoms with Crippen molar-refractivity contribution in [3.63, 3.8) is 0 Å². The first-order valence-electron chi connectivity index (χ1n) is 6.85. The van der Waals surface area contributed by atoms with Crippen LogP contribution >= 0.6 is 0 Å². The van der Waals surface area contributed by atoms with Gasteiger partial charge in [0.1, 0.15) is 0 Å². The zero-order valence-electron chi connectivity index (χ0n) is 11.7. The highest BCUT2D eigenvalue weighted by Gasteiger charge is 2.18. The maximum Gasteiger partial charge on any atom is 0.162 e. The smallest absolute Gasteiger partial charge is 0.162 e. The van der Waals surface area contributed by atoms with Gasteiger partial charge < -0.3 is 5.32 Å². The van der Waals surface area contributed by atoms with Gasteiger partial charge >= 0.3 is 0 Å². The molecule has 2 rings (SSSR count). The van der Waals surface area contributed by atoms with Gasteiger partial charge in [-0.05, 0) is 37.6 Å². The summed E-state index contributed by atoms with van der Waals surface area (Å²) in [6.07, 6.45) is 2.12. The van der Waals surface area contributed by atoms with Crippen molar-refractivity contribution in [2.24, 2.45) is 0 Å². The predicted octanol–water partition coefficient (Wildman–Crippen LogP) is 3.07. The summed E-state index contributed by atoms with van der Waals surface area (Å²) in [5.74, 6) is -1.57. The second-order valence-electron chi connectivity index (χ2n) is 4.60. The van der Waals surface area contributed by atoms with E-state index in [2.05, 4.69) is 10.4 Å². The van der Waals surface area contributed by atoms with Crippen molar-refractivity contribution in [1.29, 1.82) is 0 Å². The van der Waals surface area contributed by atoms with Crippen molar-refractivity contribution in [3.8, 4) is 0 Å². The molecule has 5 heteroatoms. The summed E-state index contributed by atoms with van der Waals surface area (Å²) in [5, 5.41) is 7.53. The van der Waals surface area contributed by atoms with Crippen molar-refractivity contribution in [3.05, 3.63) is 53.4 Å². The van der Waals surface area contributed by atoms with Gasteiger partial charge in [0, 0.05) is 12.7 Å². The Kier molecular flexibility index (Phi) is 4.84. The topological polar surface area (TPSA) is 29.9 Å². The summed E-state index contributed by atoms with van der Waals surface area (Å²) in [6.45, 7) is 5.48. The molecule has 108 valence electrons. The molecule has 20 heavy (non-hydrogen) atoms. The molecular formula is C15H19F2N3. The lowest BCUT2D eigenvalue weighted by molar-refractivity contribution is 0.462. The van der Waals surface area contributed by atoms with E-state index in [1.165, 1.54) is 6.07 Å². The molecule has 0 radical (unpaired) electrons. The highest BCUT2D eigenvalue weighted by atomic mass is 19.2. The Morgan fingerprint density at radius 1 is 1.25 bits per heavy atom. The molecule has 0 saturated carbocycles. The Morgan fingerprint density at radius 3 is 2.75 bits per heavy atom. The van der Waals surface area contributed by atoms with Crippen molar-refractivity contribution < 1.29 is 8.78 Å². The number of hydrogen-bond acceptors (Lipinski definition) is 2. The minimum atomic E-state index is -0.804. The van der Waals surface area contributed by atoms with E-state index in [-0.39, 0.29) is 6.04 Å². The van der Waals surface area contributed by atoms with E-state index in [0.717, 1.165) is 24.8 Å². The molecule has 0 amide bonds. The quantitative estimate of drug-likeness (QED) is 0.880. The van der Waals surface area contributed by atoms with Gasteiger partial charge in [-0.2, -0.15) is 5.10 Å². The normalized spacial score (nSPS) is 12.6. The third-order valence-corrected chi connectivity index (χ3v) is 3.31. The Hall–Kier alpha value is -1.75. The molecule has 1 aromatic carbocycles. The number of halogens is 2. The van der Waals surface area contributed by atoms with Gasteiger partial charge in [-0.15, -0.1) is 0 Å². The zero-order valence-corrected chi connectivity index (χ0v) is 11.7. The lowest BCUT2D eigenvalue weighted by Crippen LogP contribution is -2.26. The fraction of sp³-hybridized carbons (Fsp3) is 0.400. The number of aromatic nitrogens is 2. The van der Waals surface area contributed by atoms with Crippen LogP contribution in [0.25, 0.3) is 0 Å². The van der Waals surface area contributed by atoms with Gasteiger partial charge in [-0.3, -0.25) is 4.68 Å². The Balaban J connectivity index is 2.28. The van der Waals surface area contributed by atoms with E-state index in [1.54, 1.807) is 12.3 Å². The highest BCUT2D eigenvalue weighted by Crippen LogP contribution is 2.21. The standard InChI is InChI=1S/C15H19F2N3/c1-3-18-13(14-8-9-19-20(14)4-2)10-11-6-5-7-12(16)15(11)17/h5-9,13,18H,3-4,10H2,1-2H3. The van der Waals surface area contributed by atoms with Crippen LogP contribution in [-0.2, 0) is 13.0 Å².